The minimum absolute atomic E-state index is 0.0823. The first-order valence-electron chi connectivity index (χ1n) is 15.7. The molecule has 7 saturated carbocycles. The molecular weight excluding hydrogens is 460 g/mol. The maximum Gasteiger partial charge on any atom is 0.309 e. The quantitative estimate of drug-likeness (QED) is 0.328. The summed E-state index contributed by atoms with van der Waals surface area (Å²) >= 11 is 0. The Bertz CT molecular complexity index is 1110. The van der Waals surface area contributed by atoms with Gasteiger partial charge in [0.15, 0.2) is 0 Å². The summed E-state index contributed by atoms with van der Waals surface area (Å²) in [5.74, 6) is 6.54. The number of rotatable bonds is 3. The Kier molecular flexibility index (Phi) is 4.49. The van der Waals surface area contributed by atoms with Crippen molar-refractivity contribution in [1.29, 1.82) is 0 Å². The zero-order valence-electron chi connectivity index (χ0n) is 23.2. The van der Waals surface area contributed by atoms with Gasteiger partial charge in [-0.25, -0.2) is 0 Å². The van der Waals surface area contributed by atoms with Gasteiger partial charge in [-0.3, -0.25) is 9.59 Å². The highest BCUT2D eigenvalue weighted by Crippen LogP contribution is 2.82. The van der Waals surface area contributed by atoms with Crippen LogP contribution in [0.25, 0.3) is 0 Å². The molecule has 7 fully saturated rings. The average Bonchev–Trinajstić information content (AvgIpc) is 3.62. The Morgan fingerprint density at radius 2 is 1.68 bits per heavy atom. The standard InChI is InChI=1S/C33H46O4/c1-15(2)22-14-33-9-6-23-31(3,7-5-8-32(23,4)30(36)37)24(33)13-18(22)27-20-12-21(28(27)33)25-16-10-17(26(20)25)19(11-16)29(34)35/h14-21,23-28H,5-13H2,1-4H3,(H,34,35)(H,36,37)/t16?,17?,18?,19?,20-,21?,23?,24?,25?,26?,27?,28?,31?,32?,33?/m1/s1. The van der Waals surface area contributed by atoms with Crippen LogP contribution in [0.2, 0.25) is 0 Å². The first-order valence-corrected chi connectivity index (χ1v) is 15.7. The molecule has 0 aromatic heterocycles. The number of carboxylic acid groups (broad SMARTS) is 2. The second kappa shape index (κ2) is 7.05. The van der Waals surface area contributed by atoms with Gasteiger partial charge in [-0.15, -0.1) is 0 Å². The van der Waals surface area contributed by atoms with Crippen molar-refractivity contribution in [2.45, 2.75) is 85.5 Å². The third-order valence-electron chi connectivity index (χ3n) is 15.2. The molecule has 9 aliphatic carbocycles. The summed E-state index contributed by atoms with van der Waals surface area (Å²) in [5, 5.41) is 20.4. The Morgan fingerprint density at radius 3 is 2.38 bits per heavy atom. The van der Waals surface area contributed by atoms with Crippen molar-refractivity contribution < 1.29 is 19.8 Å². The molecule has 0 aliphatic heterocycles. The zero-order valence-corrected chi connectivity index (χ0v) is 23.2. The van der Waals surface area contributed by atoms with E-state index in [4.69, 9.17) is 0 Å². The lowest BCUT2D eigenvalue weighted by Crippen LogP contribution is -2.66. The van der Waals surface area contributed by atoms with E-state index in [1.54, 1.807) is 5.57 Å². The molecule has 0 aromatic rings. The van der Waals surface area contributed by atoms with E-state index in [2.05, 4.69) is 33.8 Å². The number of carboxylic acids is 2. The Labute approximate surface area is 222 Å². The van der Waals surface area contributed by atoms with Crippen LogP contribution in [0.1, 0.15) is 85.5 Å². The van der Waals surface area contributed by atoms with Gasteiger partial charge in [0.1, 0.15) is 0 Å². The van der Waals surface area contributed by atoms with E-state index < -0.39 is 17.4 Å². The monoisotopic (exact) mass is 506 g/mol. The van der Waals surface area contributed by atoms with Crippen molar-refractivity contribution in [2.24, 2.45) is 93.2 Å². The second-order valence-electron chi connectivity index (χ2n) is 16.1. The normalized spacial score (nSPS) is 60.1. The third-order valence-corrected chi connectivity index (χ3v) is 15.2. The van der Waals surface area contributed by atoms with E-state index in [1.165, 1.54) is 32.1 Å². The largest absolute Gasteiger partial charge is 0.481 e. The average molecular weight is 507 g/mol. The molecule has 0 amide bonds. The summed E-state index contributed by atoms with van der Waals surface area (Å²) in [7, 11) is 0. The summed E-state index contributed by atoms with van der Waals surface area (Å²) in [6.07, 6.45) is 13.0. The molecular formula is C33H46O4. The van der Waals surface area contributed by atoms with E-state index in [0.29, 0.717) is 41.4 Å². The summed E-state index contributed by atoms with van der Waals surface area (Å²) in [4.78, 5) is 24.8. The molecule has 0 saturated heterocycles. The van der Waals surface area contributed by atoms with Crippen LogP contribution in [0.5, 0.6) is 0 Å². The molecule has 6 bridgehead atoms. The fraction of sp³-hybridized carbons (Fsp3) is 0.879. The van der Waals surface area contributed by atoms with E-state index in [-0.39, 0.29) is 16.7 Å². The highest BCUT2D eigenvalue weighted by molar-refractivity contribution is 5.75. The van der Waals surface area contributed by atoms with Crippen molar-refractivity contribution in [3.63, 3.8) is 0 Å². The van der Waals surface area contributed by atoms with Crippen LogP contribution >= 0.6 is 0 Å². The van der Waals surface area contributed by atoms with Gasteiger partial charge in [-0.1, -0.05) is 38.8 Å². The van der Waals surface area contributed by atoms with Crippen molar-refractivity contribution in [1.82, 2.24) is 0 Å². The van der Waals surface area contributed by atoms with Gasteiger partial charge in [-0.05, 0) is 140 Å². The number of hydrogen-bond donors (Lipinski definition) is 2. The zero-order chi connectivity index (χ0) is 25.8. The van der Waals surface area contributed by atoms with E-state index in [1.807, 2.05) is 0 Å². The van der Waals surface area contributed by atoms with Crippen LogP contribution in [0, 0.1) is 93.2 Å². The topological polar surface area (TPSA) is 74.6 Å². The number of hydrogen-bond acceptors (Lipinski definition) is 2. The number of allylic oxidation sites excluding steroid dienone is 2. The minimum atomic E-state index is -0.578. The SMILES string of the molecule is CC(C)C1=CC23CCC4C(C)(C(=O)O)CCCC4(C)C2CC1C1C3C2C[C@@H]1C1C3CC(CC3C(=O)O)C21. The van der Waals surface area contributed by atoms with Crippen molar-refractivity contribution in [3.05, 3.63) is 11.6 Å². The van der Waals surface area contributed by atoms with Gasteiger partial charge >= 0.3 is 11.9 Å². The summed E-state index contributed by atoms with van der Waals surface area (Å²) in [5.41, 5.74) is 1.51. The molecule has 4 heteroatoms. The van der Waals surface area contributed by atoms with Crippen LogP contribution in [-0.4, -0.2) is 22.2 Å². The molecule has 2 N–H and O–H groups in total. The summed E-state index contributed by atoms with van der Waals surface area (Å²) < 4.78 is 0. The fourth-order valence-corrected chi connectivity index (χ4v) is 14.6. The molecule has 1 spiro atoms. The molecule has 0 heterocycles. The highest BCUT2D eigenvalue weighted by Gasteiger charge is 2.77. The molecule has 37 heavy (non-hydrogen) atoms. The van der Waals surface area contributed by atoms with Crippen LogP contribution in [-0.2, 0) is 9.59 Å². The minimum Gasteiger partial charge on any atom is -0.481 e. The van der Waals surface area contributed by atoms with Crippen LogP contribution in [0.3, 0.4) is 0 Å². The highest BCUT2D eigenvalue weighted by atomic mass is 16.4. The Hall–Kier alpha value is -1.32. The predicted octanol–water partition coefficient (Wildman–Crippen LogP) is 6.75. The summed E-state index contributed by atoms with van der Waals surface area (Å²) in [6.45, 7) is 9.39. The van der Waals surface area contributed by atoms with Crippen LogP contribution < -0.4 is 0 Å². The van der Waals surface area contributed by atoms with E-state index >= 15 is 0 Å². The van der Waals surface area contributed by atoms with Crippen molar-refractivity contribution >= 4 is 11.9 Å². The molecule has 4 nitrogen and oxygen atoms in total. The first kappa shape index (κ1) is 23.6. The smallest absolute Gasteiger partial charge is 0.309 e. The lowest BCUT2D eigenvalue weighted by Gasteiger charge is -2.71. The van der Waals surface area contributed by atoms with Gasteiger partial charge in [0, 0.05) is 0 Å². The predicted molar refractivity (Wildman–Crippen MR) is 140 cm³/mol. The lowest BCUT2D eigenvalue weighted by atomic mass is 9.32. The Morgan fingerprint density at radius 1 is 0.892 bits per heavy atom. The number of fused-ring (bicyclic) bond motifs is 10. The van der Waals surface area contributed by atoms with Crippen molar-refractivity contribution in [2.75, 3.05) is 0 Å². The molecule has 9 rings (SSSR count). The molecule has 14 unspecified atom stereocenters. The van der Waals surface area contributed by atoms with Gasteiger partial charge in [0.25, 0.3) is 0 Å². The van der Waals surface area contributed by atoms with Crippen LogP contribution in [0.15, 0.2) is 11.6 Å². The molecule has 15 atom stereocenters. The van der Waals surface area contributed by atoms with Crippen molar-refractivity contribution in [3.8, 4) is 0 Å². The molecule has 0 radical (unpaired) electrons. The van der Waals surface area contributed by atoms with Gasteiger partial charge < -0.3 is 10.2 Å². The van der Waals surface area contributed by atoms with Gasteiger partial charge in [0.2, 0.25) is 0 Å². The number of carbonyl (C=O) groups is 2. The number of aliphatic carboxylic acids is 2. The van der Waals surface area contributed by atoms with Crippen LogP contribution in [0.4, 0.5) is 0 Å². The summed E-state index contributed by atoms with van der Waals surface area (Å²) in [6, 6.07) is 0. The van der Waals surface area contributed by atoms with E-state index in [9.17, 15) is 19.8 Å². The van der Waals surface area contributed by atoms with Gasteiger partial charge in [0.05, 0.1) is 11.3 Å². The maximum absolute atomic E-state index is 12.6. The third kappa shape index (κ3) is 2.50. The molecule has 0 aromatic carbocycles. The van der Waals surface area contributed by atoms with Gasteiger partial charge in [-0.2, -0.15) is 0 Å². The molecule has 9 aliphatic rings. The lowest BCUT2D eigenvalue weighted by molar-refractivity contribution is -0.209. The second-order valence-corrected chi connectivity index (χ2v) is 16.1. The molecule has 202 valence electrons. The maximum atomic E-state index is 12.6. The van der Waals surface area contributed by atoms with E-state index in [0.717, 1.165) is 55.3 Å². The first-order chi connectivity index (χ1) is 17.5. The fourth-order valence-electron chi connectivity index (χ4n) is 14.6. The Balaban J connectivity index is 1.23.